The Labute approximate surface area is 355 Å². The zero-order chi connectivity index (χ0) is 45.2. The summed E-state index contributed by atoms with van der Waals surface area (Å²) in [5.74, 6) is -4.35. The molecule has 7 N–H and O–H groups in total. The van der Waals surface area contributed by atoms with E-state index in [2.05, 4.69) is 27.7 Å². The maximum Gasteiger partial charge on any atom is 0.335 e. The number of aliphatic hydroxyl groups is 5. The van der Waals surface area contributed by atoms with E-state index in [0.717, 1.165) is 24.7 Å². The zero-order valence-electron chi connectivity index (χ0n) is 36.2. The number of rotatable bonds is 8. The van der Waals surface area contributed by atoms with Gasteiger partial charge in [-0.1, -0.05) is 54.0 Å². The Hall–Kier alpha value is -2.87. The maximum atomic E-state index is 15.0. The van der Waals surface area contributed by atoms with E-state index in [-0.39, 0.29) is 17.6 Å². The number of ether oxygens (including phenoxy) is 5. The third-order valence-corrected chi connectivity index (χ3v) is 17.4. The second kappa shape index (κ2) is 15.4. The summed E-state index contributed by atoms with van der Waals surface area (Å²) in [5, 5.41) is 72.9. The Bertz CT molecular complexity index is 1830. The standard InChI is InChI=1S/C44H64O17/c1-19(46)57-25-17-40(4,18-45)16-21-20-15-22(47)34-42(6)11-10-24(39(2,3)23(42)9-12-44(34,8)43(20,7)14-13-41(21,25)5)58-38-33(29(51)28(50)32(60-38)36(55)56)61-37-30(52)26(48)27(49)31(59-37)35(53)54/h15,18,21,23-34,37-38,48-52H,9-14,16-17H2,1-8H3,(H,53,54)(H,55,56)/t21?,23?,24-,25-,26-,27-,28-,29-,30+,31-,32-,33+,34?,37-,38+,40+,41+,42-,43+,44+/m0/s1. The summed E-state index contributed by atoms with van der Waals surface area (Å²) in [7, 11) is 0. The first-order valence-electron chi connectivity index (χ1n) is 21.6. The van der Waals surface area contributed by atoms with Gasteiger partial charge in [0.2, 0.25) is 0 Å². The first-order chi connectivity index (χ1) is 28.2. The van der Waals surface area contributed by atoms with Crippen molar-refractivity contribution >= 4 is 30.0 Å². The van der Waals surface area contributed by atoms with E-state index < -0.39 is 130 Å². The summed E-state index contributed by atoms with van der Waals surface area (Å²) >= 11 is 0. The molecule has 20 atom stereocenters. The minimum atomic E-state index is -2.06. The van der Waals surface area contributed by atoms with Crippen molar-refractivity contribution in [2.24, 2.45) is 50.2 Å². The molecule has 0 spiro atoms. The highest BCUT2D eigenvalue weighted by Crippen LogP contribution is 2.75. The summed E-state index contributed by atoms with van der Waals surface area (Å²) < 4.78 is 29.4. The largest absolute Gasteiger partial charge is 0.479 e. The van der Waals surface area contributed by atoms with Crippen LogP contribution in [-0.4, -0.2) is 139 Å². The van der Waals surface area contributed by atoms with Gasteiger partial charge in [0.15, 0.2) is 30.6 Å². The van der Waals surface area contributed by atoms with Gasteiger partial charge in [-0.05, 0) is 90.9 Å². The van der Waals surface area contributed by atoms with Gasteiger partial charge in [0, 0.05) is 23.7 Å². The smallest absolute Gasteiger partial charge is 0.335 e. The molecule has 17 nitrogen and oxygen atoms in total. The fraction of sp³-hybridized carbons (Fsp3) is 0.841. The number of aliphatic carboxylic acids is 2. The van der Waals surface area contributed by atoms with E-state index in [1.54, 1.807) is 0 Å². The van der Waals surface area contributed by atoms with Crippen LogP contribution in [0.15, 0.2) is 11.6 Å². The van der Waals surface area contributed by atoms with E-state index in [1.165, 1.54) is 6.92 Å². The molecule has 0 aromatic rings. The van der Waals surface area contributed by atoms with Gasteiger partial charge in [-0.15, -0.1) is 0 Å². The van der Waals surface area contributed by atoms with Crippen LogP contribution < -0.4 is 0 Å². The van der Waals surface area contributed by atoms with Crippen molar-refractivity contribution in [2.75, 3.05) is 0 Å². The Morgan fingerprint density at radius 3 is 1.92 bits per heavy atom. The van der Waals surface area contributed by atoms with Gasteiger partial charge in [-0.2, -0.15) is 0 Å². The highest BCUT2D eigenvalue weighted by Gasteiger charge is 2.71. The molecule has 2 saturated heterocycles. The fourth-order valence-electron chi connectivity index (χ4n) is 13.8. The Kier molecular flexibility index (Phi) is 11.6. The van der Waals surface area contributed by atoms with Crippen LogP contribution in [0.4, 0.5) is 0 Å². The molecule has 3 unspecified atom stereocenters. The molecule has 0 bridgehead atoms. The lowest BCUT2D eigenvalue weighted by atomic mass is 9.33. The number of aliphatic hydroxyl groups excluding tert-OH is 5. The van der Waals surface area contributed by atoms with Crippen LogP contribution >= 0.6 is 0 Å². The summed E-state index contributed by atoms with van der Waals surface area (Å²) in [6.07, 6.45) is -13.3. The summed E-state index contributed by atoms with van der Waals surface area (Å²) in [6.45, 7) is 16.1. The summed E-state index contributed by atoms with van der Waals surface area (Å²) in [6, 6.07) is 0. The molecule has 2 aliphatic heterocycles. The van der Waals surface area contributed by atoms with E-state index >= 15 is 0 Å². The van der Waals surface area contributed by atoms with E-state index in [9.17, 15) is 59.7 Å². The molecule has 0 aromatic heterocycles. The van der Waals surface area contributed by atoms with E-state index in [0.29, 0.717) is 38.5 Å². The summed E-state index contributed by atoms with van der Waals surface area (Å²) in [5.41, 5.74) is -2.34. The number of hydrogen-bond donors (Lipinski definition) is 7. The molecule has 2 heterocycles. The monoisotopic (exact) mass is 864 g/mol. The van der Waals surface area contributed by atoms with Gasteiger partial charge < -0.3 is 64.2 Å². The van der Waals surface area contributed by atoms with E-state index in [4.69, 9.17) is 23.7 Å². The molecular formula is C44H64O17. The minimum absolute atomic E-state index is 0.0208. The second-order valence-corrected chi connectivity index (χ2v) is 21.2. The Balaban J connectivity index is 1.18. The predicted octanol–water partition coefficient (Wildman–Crippen LogP) is 1.90. The minimum Gasteiger partial charge on any atom is -0.479 e. The number of hydrogen-bond acceptors (Lipinski definition) is 15. The normalized spacial score (nSPS) is 51.7. The Morgan fingerprint density at radius 2 is 1.33 bits per heavy atom. The van der Waals surface area contributed by atoms with Gasteiger partial charge in [0.1, 0.15) is 49.0 Å². The zero-order valence-corrected chi connectivity index (χ0v) is 36.2. The van der Waals surface area contributed by atoms with Crippen LogP contribution in [0.25, 0.3) is 0 Å². The Morgan fingerprint density at radius 1 is 0.721 bits per heavy atom. The molecule has 342 valence electrons. The van der Waals surface area contributed by atoms with Crippen molar-refractivity contribution in [1.82, 2.24) is 0 Å². The number of carbonyl (C=O) groups excluding carboxylic acids is 3. The van der Waals surface area contributed by atoms with Crippen LogP contribution in [0.5, 0.6) is 0 Å². The van der Waals surface area contributed by atoms with Gasteiger partial charge in [-0.3, -0.25) is 9.59 Å². The first-order valence-corrected chi connectivity index (χ1v) is 21.6. The molecular weight excluding hydrogens is 800 g/mol. The fourth-order valence-corrected chi connectivity index (χ4v) is 13.8. The van der Waals surface area contributed by atoms with Crippen molar-refractivity contribution < 1.29 is 83.4 Å². The lowest BCUT2D eigenvalue weighted by Gasteiger charge is -2.71. The number of ketones is 1. The highest BCUT2D eigenvalue weighted by atomic mass is 16.8. The van der Waals surface area contributed by atoms with Crippen LogP contribution in [0, 0.1) is 50.2 Å². The molecule has 0 amide bonds. The number of aldehydes is 1. The number of carboxylic acid groups (broad SMARTS) is 2. The second-order valence-electron chi connectivity index (χ2n) is 21.2. The number of esters is 1. The van der Waals surface area contributed by atoms with Gasteiger partial charge in [-0.25, -0.2) is 9.59 Å². The molecule has 7 aliphatic rings. The molecule has 61 heavy (non-hydrogen) atoms. The maximum absolute atomic E-state index is 15.0. The predicted molar refractivity (Wildman–Crippen MR) is 209 cm³/mol. The van der Waals surface area contributed by atoms with Crippen molar-refractivity contribution in [2.45, 2.75) is 180 Å². The number of allylic oxidation sites excluding steroid dienone is 2. The van der Waals surface area contributed by atoms with Gasteiger partial charge in [0.05, 0.1) is 6.10 Å². The first kappa shape index (κ1) is 46.1. The van der Waals surface area contributed by atoms with E-state index in [1.807, 2.05) is 26.8 Å². The van der Waals surface area contributed by atoms with Gasteiger partial charge >= 0.3 is 17.9 Å². The number of carboxylic acids is 2. The SMILES string of the molecule is CC(=O)O[C@H]1C[C@](C)(C=O)CC2C3=CC(=O)C4[C@@]5(C)CC[C@H](O[C@@H]6O[C@H](C(=O)O)[C@@H](O)[C@H](O)[C@H]6O[C@@H]6O[C@H](C(=O)O)[C@@H](O)[C@H](O)[C@H]6O)C(C)(C)C5CC[C@@]4(C)[C@]3(C)CC[C@]21C. The highest BCUT2D eigenvalue weighted by molar-refractivity contribution is 5.95. The van der Waals surface area contributed by atoms with Crippen LogP contribution in [0.1, 0.15) is 107 Å². The van der Waals surface area contributed by atoms with Crippen LogP contribution in [0.3, 0.4) is 0 Å². The van der Waals surface area contributed by atoms with Crippen LogP contribution in [-0.2, 0) is 47.7 Å². The van der Waals surface area contributed by atoms with Crippen molar-refractivity contribution in [1.29, 1.82) is 0 Å². The third kappa shape index (κ3) is 6.94. The lowest BCUT2D eigenvalue weighted by Crippen LogP contribution is -2.68. The average Bonchev–Trinajstić information content (AvgIpc) is 3.16. The quantitative estimate of drug-likeness (QED) is 0.104. The molecule has 17 heteroatoms. The van der Waals surface area contributed by atoms with Crippen molar-refractivity contribution in [3.63, 3.8) is 0 Å². The summed E-state index contributed by atoms with van der Waals surface area (Å²) in [4.78, 5) is 64.0. The topological polar surface area (TPSA) is 273 Å². The molecule has 0 aromatic carbocycles. The molecule has 7 rings (SSSR count). The third-order valence-electron chi connectivity index (χ3n) is 17.4. The molecule has 5 aliphatic carbocycles. The van der Waals surface area contributed by atoms with Crippen LogP contribution in [0.2, 0.25) is 0 Å². The van der Waals surface area contributed by atoms with Crippen molar-refractivity contribution in [3.05, 3.63) is 11.6 Å². The number of fused-ring (bicyclic) bond motifs is 7. The van der Waals surface area contributed by atoms with Crippen molar-refractivity contribution in [3.8, 4) is 0 Å². The lowest BCUT2D eigenvalue weighted by molar-refractivity contribution is -0.371. The molecule has 4 saturated carbocycles. The molecule has 6 fully saturated rings. The molecule has 0 radical (unpaired) electrons. The number of carbonyl (C=O) groups is 5. The average molecular weight is 865 g/mol. The van der Waals surface area contributed by atoms with Gasteiger partial charge in [0.25, 0.3) is 0 Å².